The Balaban J connectivity index is 0.000000318. The average molecular weight is 245 g/mol. The molecule has 5 nitrogen and oxygen atoms in total. The second-order valence-corrected chi connectivity index (χ2v) is 4.36. The Bertz CT molecular complexity index is 209. The Morgan fingerprint density at radius 2 is 1.35 bits per heavy atom. The van der Waals surface area contributed by atoms with Gasteiger partial charge in [0.05, 0.1) is 0 Å². The molecule has 1 heterocycles. The van der Waals surface area contributed by atoms with Crippen LogP contribution in [0.4, 0.5) is 0 Å². The highest BCUT2D eigenvalue weighted by atomic mass is 16.4. The van der Waals surface area contributed by atoms with E-state index in [9.17, 15) is 9.59 Å². The first kappa shape index (κ1) is 15.9. The molecule has 0 bridgehead atoms. The van der Waals surface area contributed by atoms with E-state index in [1.54, 1.807) is 0 Å². The van der Waals surface area contributed by atoms with Crippen molar-refractivity contribution >= 4 is 11.9 Å². The van der Waals surface area contributed by atoms with Crippen molar-refractivity contribution in [3.05, 3.63) is 0 Å². The smallest absolute Gasteiger partial charge is 0.303 e. The maximum Gasteiger partial charge on any atom is 0.303 e. The molecule has 0 aromatic heterocycles. The summed E-state index contributed by atoms with van der Waals surface area (Å²) >= 11 is 0. The molecular weight excluding hydrogens is 222 g/mol. The summed E-state index contributed by atoms with van der Waals surface area (Å²) in [6, 6.07) is 0. The number of likely N-dealkylation sites (tertiary alicyclic amines) is 1. The molecule has 0 amide bonds. The maximum absolute atomic E-state index is 9.90. The summed E-state index contributed by atoms with van der Waals surface area (Å²) in [6.07, 6.45) is 5.29. The predicted octanol–water partition coefficient (Wildman–Crippen LogP) is 1.82. The summed E-state index contributed by atoms with van der Waals surface area (Å²) in [4.78, 5) is 22.2. The van der Waals surface area contributed by atoms with Crippen molar-refractivity contribution in [3.8, 4) is 0 Å². The van der Waals surface area contributed by atoms with Crippen LogP contribution in [0, 0.1) is 0 Å². The first-order chi connectivity index (χ1) is 8.02. The van der Waals surface area contributed by atoms with Crippen molar-refractivity contribution in [1.82, 2.24) is 4.90 Å². The van der Waals surface area contributed by atoms with Crippen molar-refractivity contribution in [2.75, 3.05) is 20.1 Å². The lowest BCUT2D eigenvalue weighted by Crippen LogP contribution is -2.24. The fourth-order valence-electron chi connectivity index (χ4n) is 1.60. The van der Waals surface area contributed by atoms with Crippen LogP contribution in [0.5, 0.6) is 0 Å². The van der Waals surface area contributed by atoms with Crippen LogP contribution in [0.1, 0.15) is 44.9 Å². The van der Waals surface area contributed by atoms with Gasteiger partial charge < -0.3 is 15.1 Å². The highest BCUT2D eigenvalue weighted by molar-refractivity contribution is 5.67. The number of unbranched alkanes of at least 4 members (excludes halogenated alkanes) is 1. The van der Waals surface area contributed by atoms with Crippen molar-refractivity contribution in [3.63, 3.8) is 0 Å². The largest absolute Gasteiger partial charge is 0.481 e. The topological polar surface area (TPSA) is 77.8 Å². The lowest BCUT2D eigenvalue weighted by atomic mass is 10.1. The van der Waals surface area contributed by atoms with E-state index in [2.05, 4.69) is 11.9 Å². The summed E-state index contributed by atoms with van der Waals surface area (Å²) in [5.41, 5.74) is 0. The van der Waals surface area contributed by atoms with Crippen LogP contribution in [0.25, 0.3) is 0 Å². The molecule has 0 atom stereocenters. The van der Waals surface area contributed by atoms with Gasteiger partial charge in [0.2, 0.25) is 0 Å². The Morgan fingerprint density at radius 3 is 1.59 bits per heavy atom. The number of hydrogen-bond acceptors (Lipinski definition) is 3. The zero-order valence-corrected chi connectivity index (χ0v) is 10.5. The molecule has 100 valence electrons. The van der Waals surface area contributed by atoms with E-state index < -0.39 is 11.9 Å². The van der Waals surface area contributed by atoms with Crippen LogP contribution in [-0.4, -0.2) is 47.2 Å². The van der Waals surface area contributed by atoms with Crippen LogP contribution in [-0.2, 0) is 9.59 Å². The zero-order valence-electron chi connectivity index (χ0n) is 10.5. The van der Waals surface area contributed by atoms with E-state index >= 15 is 0 Å². The number of carbonyl (C=O) groups is 2. The summed E-state index contributed by atoms with van der Waals surface area (Å²) in [5.74, 6) is -1.74. The van der Waals surface area contributed by atoms with Gasteiger partial charge in [0.15, 0.2) is 0 Å². The number of aliphatic carboxylic acids is 2. The first-order valence-electron chi connectivity index (χ1n) is 6.14. The van der Waals surface area contributed by atoms with Crippen molar-refractivity contribution < 1.29 is 19.8 Å². The molecule has 0 spiro atoms. The van der Waals surface area contributed by atoms with Crippen LogP contribution < -0.4 is 0 Å². The third-order valence-corrected chi connectivity index (χ3v) is 2.61. The van der Waals surface area contributed by atoms with Crippen LogP contribution >= 0.6 is 0 Å². The molecule has 0 unspecified atom stereocenters. The minimum atomic E-state index is -0.870. The van der Waals surface area contributed by atoms with E-state index in [0.717, 1.165) is 0 Å². The summed E-state index contributed by atoms with van der Waals surface area (Å²) < 4.78 is 0. The molecule has 17 heavy (non-hydrogen) atoms. The highest BCUT2D eigenvalue weighted by Crippen LogP contribution is 2.04. The Hall–Kier alpha value is -1.10. The minimum Gasteiger partial charge on any atom is -0.481 e. The molecule has 1 aliphatic rings. The van der Waals surface area contributed by atoms with Crippen LogP contribution in [0.15, 0.2) is 0 Å². The van der Waals surface area contributed by atoms with E-state index in [1.807, 2.05) is 0 Å². The van der Waals surface area contributed by atoms with Crippen molar-refractivity contribution in [1.29, 1.82) is 0 Å². The van der Waals surface area contributed by atoms with Gasteiger partial charge in [-0.05, 0) is 45.8 Å². The highest BCUT2D eigenvalue weighted by Gasteiger charge is 2.02. The van der Waals surface area contributed by atoms with Gasteiger partial charge in [-0.25, -0.2) is 0 Å². The number of carboxylic acid groups (broad SMARTS) is 2. The molecule has 1 rings (SSSR count). The van der Waals surface area contributed by atoms with Gasteiger partial charge in [-0.15, -0.1) is 0 Å². The molecular formula is C12H23NO4. The van der Waals surface area contributed by atoms with Gasteiger partial charge in [0.1, 0.15) is 0 Å². The van der Waals surface area contributed by atoms with Crippen LogP contribution in [0.3, 0.4) is 0 Å². The molecule has 1 saturated heterocycles. The molecule has 0 radical (unpaired) electrons. The third kappa shape index (κ3) is 12.8. The van der Waals surface area contributed by atoms with Gasteiger partial charge in [-0.1, -0.05) is 6.42 Å². The Labute approximate surface area is 102 Å². The minimum absolute atomic E-state index is 0.0628. The Morgan fingerprint density at radius 1 is 0.941 bits per heavy atom. The lowest BCUT2D eigenvalue weighted by molar-refractivity contribution is -0.139. The first-order valence-corrected chi connectivity index (χ1v) is 6.14. The second-order valence-electron chi connectivity index (χ2n) is 4.36. The van der Waals surface area contributed by atoms with E-state index in [4.69, 9.17) is 10.2 Å². The van der Waals surface area contributed by atoms with Crippen molar-refractivity contribution in [2.45, 2.75) is 44.9 Å². The lowest BCUT2D eigenvalue weighted by Gasteiger charge is -2.20. The average Bonchev–Trinajstić information content (AvgIpc) is 2.26. The SMILES string of the molecule is CN1CCCCC1.O=C(O)CCCCC(=O)O. The quantitative estimate of drug-likeness (QED) is 0.722. The van der Waals surface area contributed by atoms with E-state index in [1.165, 1.54) is 32.4 Å². The molecule has 0 aliphatic carbocycles. The van der Waals surface area contributed by atoms with Gasteiger partial charge in [-0.2, -0.15) is 0 Å². The molecule has 0 saturated carbocycles. The normalized spacial score (nSPS) is 15.8. The summed E-state index contributed by atoms with van der Waals surface area (Å²) in [5, 5.41) is 16.3. The summed E-state index contributed by atoms with van der Waals surface area (Å²) in [7, 11) is 2.19. The number of piperidine rings is 1. The van der Waals surface area contributed by atoms with Gasteiger partial charge >= 0.3 is 11.9 Å². The molecule has 0 aromatic carbocycles. The van der Waals surface area contributed by atoms with Gasteiger partial charge in [-0.3, -0.25) is 9.59 Å². The number of carboxylic acids is 2. The number of rotatable bonds is 5. The molecule has 1 fully saturated rings. The standard InChI is InChI=1S/C6H13N.C6H10O4/c1-7-5-3-2-4-6-7;7-5(8)3-1-2-4-6(9)10/h2-6H2,1H3;1-4H2,(H,7,8)(H,9,10). The second kappa shape index (κ2) is 10.1. The monoisotopic (exact) mass is 245 g/mol. The van der Waals surface area contributed by atoms with Gasteiger partial charge in [0, 0.05) is 12.8 Å². The molecule has 5 heteroatoms. The maximum atomic E-state index is 9.90. The fourth-order valence-corrected chi connectivity index (χ4v) is 1.60. The summed E-state index contributed by atoms with van der Waals surface area (Å²) in [6.45, 7) is 2.64. The number of nitrogens with zero attached hydrogens (tertiary/aromatic N) is 1. The fraction of sp³-hybridized carbons (Fsp3) is 0.833. The molecule has 1 aliphatic heterocycles. The van der Waals surface area contributed by atoms with E-state index in [-0.39, 0.29) is 12.8 Å². The predicted molar refractivity (Wildman–Crippen MR) is 65.1 cm³/mol. The van der Waals surface area contributed by atoms with Crippen LogP contribution in [0.2, 0.25) is 0 Å². The Kier molecular flexibility index (Phi) is 9.43. The number of hydrogen-bond donors (Lipinski definition) is 2. The molecule has 0 aromatic rings. The molecule has 2 N–H and O–H groups in total. The zero-order chi connectivity index (χ0) is 13.1. The van der Waals surface area contributed by atoms with Gasteiger partial charge in [0.25, 0.3) is 0 Å². The van der Waals surface area contributed by atoms with Crippen molar-refractivity contribution in [2.24, 2.45) is 0 Å². The third-order valence-electron chi connectivity index (χ3n) is 2.61. The van der Waals surface area contributed by atoms with E-state index in [0.29, 0.717) is 12.8 Å².